The van der Waals surface area contributed by atoms with Crippen LogP contribution in [0.15, 0.2) is 58.7 Å². The largest absolute Gasteiger partial charge is 0.419 e. The first-order chi connectivity index (χ1) is 11.4. The van der Waals surface area contributed by atoms with Gasteiger partial charge >= 0.3 is 6.18 Å². The lowest BCUT2D eigenvalue weighted by Crippen LogP contribution is -2.08. The third kappa shape index (κ3) is 5.38. The number of alkyl halides is 3. The van der Waals surface area contributed by atoms with Crippen LogP contribution in [0.3, 0.4) is 0 Å². The third-order valence-electron chi connectivity index (χ3n) is 2.89. The molecule has 0 amide bonds. The Bertz CT molecular complexity index is 743. The molecule has 0 spiro atoms. The lowest BCUT2D eigenvalue weighted by molar-refractivity contribution is -0.140. The van der Waals surface area contributed by atoms with Gasteiger partial charge in [0.25, 0.3) is 0 Å². The van der Waals surface area contributed by atoms with E-state index in [9.17, 15) is 17.6 Å². The van der Waals surface area contributed by atoms with Gasteiger partial charge in [-0.1, -0.05) is 48.2 Å². The molecule has 0 bridgehead atoms. The van der Waals surface area contributed by atoms with Crippen molar-refractivity contribution < 1.29 is 17.6 Å². The van der Waals surface area contributed by atoms with Crippen molar-refractivity contribution in [3.8, 4) is 0 Å². The number of nitrogens with zero attached hydrogens (tertiary/aromatic N) is 2. The van der Waals surface area contributed by atoms with Gasteiger partial charge in [0.05, 0.1) is 11.8 Å². The number of thioether (sulfide) groups is 1. The van der Waals surface area contributed by atoms with Gasteiger partial charge in [0.1, 0.15) is 5.82 Å². The summed E-state index contributed by atoms with van der Waals surface area (Å²) in [5.41, 5.74) is 5.45. The molecule has 8 heteroatoms. The van der Waals surface area contributed by atoms with Crippen molar-refractivity contribution >= 4 is 23.1 Å². The standard InChI is InChI=1S/C16H13F4N3S/c17-14-7-6-12(8-13(14)16(18,19)20)9-22-23-15(21)24-10-11-4-2-1-3-5-11/h1-9H,10H2,(H2,21,23). The molecule has 2 rings (SSSR count). The topological polar surface area (TPSA) is 50.7 Å². The maximum atomic E-state index is 13.2. The minimum atomic E-state index is -4.76. The summed E-state index contributed by atoms with van der Waals surface area (Å²) < 4.78 is 51.0. The number of amidine groups is 1. The summed E-state index contributed by atoms with van der Waals surface area (Å²) >= 11 is 1.25. The molecule has 0 aliphatic heterocycles. The fourth-order valence-electron chi connectivity index (χ4n) is 1.75. The van der Waals surface area contributed by atoms with Crippen molar-refractivity contribution in [1.82, 2.24) is 0 Å². The number of nitrogens with two attached hydrogens (primary N) is 1. The smallest absolute Gasteiger partial charge is 0.377 e. The van der Waals surface area contributed by atoms with E-state index in [1.165, 1.54) is 17.8 Å². The van der Waals surface area contributed by atoms with Gasteiger partial charge in [-0.3, -0.25) is 0 Å². The van der Waals surface area contributed by atoms with Crippen LogP contribution in [0.4, 0.5) is 17.6 Å². The summed E-state index contributed by atoms with van der Waals surface area (Å²) in [7, 11) is 0. The van der Waals surface area contributed by atoms with Gasteiger partial charge in [-0.15, -0.1) is 5.10 Å². The predicted molar refractivity (Wildman–Crippen MR) is 88.4 cm³/mol. The summed E-state index contributed by atoms with van der Waals surface area (Å²) in [5.74, 6) is -0.735. The fourth-order valence-corrected chi connectivity index (χ4v) is 2.37. The maximum absolute atomic E-state index is 13.2. The number of hydrogen-bond acceptors (Lipinski definition) is 3. The average Bonchev–Trinajstić information content (AvgIpc) is 2.54. The van der Waals surface area contributed by atoms with Crippen LogP contribution >= 0.6 is 11.8 Å². The predicted octanol–water partition coefficient (Wildman–Crippen LogP) is 4.43. The van der Waals surface area contributed by atoms with Gasteiger partial charge in [0.15, 0.2) is 5.17 Å². The molecule has 2 aromatic carbocycles. The van der Waals surface area contributed by atoms with E-state index in [1.807, 2.05) is 30.3 Å². The van der Waals surface area contributed by atoms with Crippen molar-refractivity contribution in [3.05, 3.63) is 71.0 Å². The maximum Gasteiger partial charge on any atom is 0.419 e. The Balaban J connectivity index is 2.00. The summed E-state index contributed by atoms with van der Waals surface area (Å²) in [5, 5.41) is 7.51. The van der Waals surface area contributed by atoms with E-state index in [2.05, 4.69) is 10.2 Å². The second-order valence-electron chi connectivity index (χ2n) is 4.69. The third-order valence-corrected chi connectivity index (χ3v) is 3.74. The fraction of sp³-hybridized carbons (Fsp3) is 0.125. The van der Waals surface area contributed by atoms with E-state index in [1.54, 1.807) is 0 Å². The molecule has 0 unspecified atom stereocenters. The Morgan fingerprint density at radius 2 is 1.83 bits per heavy atom. The summed E-state index contributed by atoms with van der Waals surface area (Å²) in [6, 6.07) is 12.1. The number of benzene rings is 2. The molecule has 0 aliphatic rings. The highest BCUT2D eigenvalue weighted by molar-refractivity contribution is 8.13. The second-order valence-corrected chi connectivity index (χ2v) is 5.69. The molecule has 0 atom stereocenters. The Kier molecular flexibility index (Phi) is 5.97. The monoisotopic (exact) mass is 355 g/mol. The van der Waals surface area contributed by atoms with Crippen molar-refractivity contribution in [2.24, 2.45) is 15.9 Å². The second kappa shape index (κ2) is 7.96. The highest BCUT2D eigenvalue weighted by atomic mass is 32.2. The lowest BCUT2D eigenvalue weighted by atomic mass is 10.1. The number of rotatable bonds is 4. The molecule has 0 aliphatic carbocycles. The summed E-state index contributed by atoms with van der Waals surface area (Å²) in [6.07, 6.45) is -3.67. The Morgan fingerprint density at radius 3 is 2.50 bits per heavy atom. The normalized spacial score (nSPS) is 12.8. The van der Waals surface area contributed by atoms with Crippen LogP contribution in [0.2, 0.25) is 0 Å². The van der Waals surface area contributed by atoms with Crippen LogP contribution in [0.25, 0.3) is 0 Å². The zero-order chi connectivity index (χ0) is 17.6. The van der Waals surface area contributed by atoms with E-state index in [4.69, 9.17) is 5.73 Å². The van der Waals surface area contributed by atoms with Gasteiger partial charge in [-0.2, -0.15) is 18.3 Å². The van der Waals surface area contributed by atoms with Gasteiger partial charge in [0.2, 0.25) is 0 Å². The van der Waals surface area contributed by atoms with Crippen LogP contribution in [0.5, 0.6) is 0 Å². The van der Waals surface area contributed by atoms with Gasteiger partial charge in [-0.05, 0) is 23.3 Å². The molecule has 0 saturated carbocycles. The van der Waals surface area contributed by atoms with Crippen LogP contribution < -0.4 is 5.73 Å². The Hall–Kier alpha value is -2.35. The number of halogens is 4. The molecule has 0 fully saturated rings. The van der Waals surface area contributed by atoms with Crippen LogP contribution in [0.1, 0.15) is 16.7 Å². The minimum absolute atomic E-state index is 0.0772. The van der Waals surface area contributed by atoms with Gasteiger partial charge in [0, 0.05) is 5.75 Å². The van der Waals surface area contributed by atoms with Crippen LogP contribution in [-0.4, -0.2) is 11.4 Å². The van der Waals surface area contributed by atoms with E-state index < -0.39 is 17.6 Å². The summed E-state index contributed by atoms with van der Waals surface area (Å²) in [4.78, 5) is 0. The van der Waals surface area contributed by atoms with Crippen molar-refractivity contribution in [3.63, 3.8) is 0 Å². The van der Waals surface area contributed by atoms with Crippen molar-refractivity contribution in [1.29, 1.82) is 0 Å². The molecular weight excluding hydrogens is 342 g/mol. The zero-order valence-corrected chi connectivity index (χ0v) is 13.1. The van der Waals surface area contributed by atoms with E-state index >= 15 is 0 Å². The Morgan fingerprint density at radius 1 is 1.12 bits per heavy atom. The van der Waals surface area contributed by atoms with Gasteiger partial charge in [-0.25, -0.2) is 4.39 Å². The summed E-state index contributed by atoms with van der Waals surface area (Å²) in [6.45, 7) is 0. The highest BCUT2D eigenvalue weighted by Gasteiger charge is 2.34. The lowest BCUT2D eigenvalue weighted by Gasteiger charge is -2.07. The zero-order valence-electron chi connectivity index (χ0n) is 12.3. The first kappa shape index (κ1) is 18.0. The van der Waals surface area contributed by atoms with Gasteiger partial charge < -0.3 is 5.73 Å². The van der Waals surface area contributed by atoms with E-state index in [0.29, 0.717) is 11.8 Å². The van der Waals surface area contributed by atoms with Crippen molar-refractivity contribution in [2.75, 3.05) is 0 Å². The molecular formula is C16H13F4N3S. The van der Waals surface area contributed by atoms with E-state index in [-0.39, 0.29) is 10.7 Å². The molecule has 126 valence electrons. The average molecular weight is 355 g/mol. The van der Waals surface area contributed by atoms with E-state index in [0.717, 1.165) is 17.8 Å². The molecule has 0 saturated heterocycles. The minimum Gasteiger partial charge on any atom is -0.377 e. The molecule has 24 heavy (non-hydrogen) atoms. The molecule has 3 nitrogen and oxygen atoms in total. The first-order valence-electron chi connectivity index (χ1n) is 6.76. The molecule has 2 aromatic rings. The molecule has 0 radical (unpaired) electrons. The highest BCUT2D eigenvalue weighted by Crippen LogP contribution is 2.31. The number of hydrogen-bond donors (Lipinski definition) is 1. The van der Waals surface area contributed by atoms with Crippen molar-refractivity contribution in [2.45, 2.75) is 11.9 Å². The Labute approximate surface area is 140 Å². The van der Waals surface area contributed by atoms with Crippen LogP contribution in [0, 0.1) is 5.82 Å². The molecule has 0 aromatic heterocycles. The van der Waals surface area contributed by atoms with Crippen LogP contribution in [-0.2, 0) is 11.9 Å². The molecule has 0 heterocycles. The molecule has 2 N–H and O–H groups in total. The first-order valence-corrected chi connectivity index (χ1v) is 7.75. The quantitative estimate of drug-likeness (QED) is 0.382. The SMILES string of the molecule is NC(=NN=Cc1ccc(F)c(C(F)(F)F)c1)SCc1ccccc1.